The maximum absolute atomic E-state index is 11.2. The molecule has 2 N–H and O–H groups in total. The molecule has 1 amide bonds. The molecular weight excluding hydrogens is 208 g/mol. The van der Waals surface area contributed by atoms with Crippen molar-refractivity contribution in [3.63, 3.8) is 0 Å². The first-order valence-corrected chi connectivity index (χ1v) is 5.81. The Morgan fingerprint density at radius 1 is 1.50 bits per heavy atom. The van der Waals surface area contributed by atoms with Crippen LogP contribution in [-0.2, 0) is 14.9 Å². The largest absolute Gasteiger partial charge is 0.748 e. The SMILES string of the molecule is CC(C)C(=O)N(N)CCCS(=O)(=O)[O-]. The van der Waals surface area contributed by atoms with Crippen molar-refractivity contribution >= 4 is 16.0 Å². The van der Waals surface area contributed by atoms with Crippen LogP contribution in [0.5, 0.6) is 0 Å². The van der Waals surface area contributed by atoms with Gasteiger partial charge < -0.3 is 4.55 Å². The summed E-state index contributed by atoms with van der Waals surface area (Å²) < 4.78 is 30.6. The number of hydrogen-bond acceptors (Lipinski definition) is 5. The fraction of sp³-hybridized carbons (Fsp3) is 0.857. The van der Waals surface area contributed by atoms with E-state index in [4.69, 9.17) is 5.84 Å². The number of carbonyl (C=O) groups excluding carboxylic acids is 1. The van der Waals surface area contributed by atoms with Crippen LogP contribution in [0.2, 0.25) is 0 Å². The van der Waals surface area contributed by atoms with Gasteiger partial charge >= 0.3 is 0 Å². The van der Waals surface area contributed by atoms with Gasteiger partial charge in [-0.3, -0.25) is 9.80 Å². The molecule has 0 saturated heterocycles. The predicted octanol–water partition coefficient (Wildman–Crippen LogP) is -0.720. The molecule has 0 saturated carbocycles. The highest BCUT2D eigenvalue weighted by molar-refractivity contribution is 7.85. The summed E-state index contributed by atoms with van der Waals surface area (Å²) in [6.45, 7) is 3.46. The maximum Gasteiger partial charge on any atom is 0.239 e. The summed E-state index contributed by atoms with van der Waals surface area (Å²) in [6, 6.07) is 0. The molecule has 0 spiro atoms. The molecule has 0 rings (SSSR count). The van der Waals surface area contributed by atoms with E-state index < -0.39 is 15.9 Å². The highest BCUT2D eigenvalue weighted by atomic mass is 32.2. The van der Waals surface area contributed by atoms with E-state index in [1.807, 2.05) is 0 Å². The number of hydrogen-bond donors (Lipinski definition) is 1. The lowest BCUT2D eigenvalue weighted by Crippen LogP contribution is -2.41. The summed E-state index contributed by atoms with van der Waals surface area (Å²) in [6.07, 6.45) is 0.0702. The van der Waals surface area contributed by atoms with Gasteiger partial charge in [-0.25, -0.2) is 14.3 Å². The van der Waals surface area contributed by atoms with Gasteiger partial charge in [0.05, 0.1) is 10.1 Å². The lowest BCUT2D eigenvalue weighted by molar-refractivity contribution is -0.134. The summed E-state index contributed by atoms with van der Waals surface area (Å²) in [7, 11) is -4.21. The number of rotatable bonds is 5. The quantitative estimate of drug-likeness (QED) is 0.287. The summed E-state index contributed by atoms with van der Waals surface area (Å²) >= 11 is 0. The van der Waals surface area contributed by atoms with E-state index >= 15 is 0 Å². The van der Waals surface area contributed by atoms with Gasteiger partial charge in [0.25, 0.3) is 0 Å². The molecule has 0 aliphatic heterocycles. The first kappa shape index (κ1) is 13.3. The molecule has 0 aromatic carbocycles. The molecule has 0 aromatic heterocycles. The van der Waals surface area contributed by atoms with Crippen LogP contribution in [0.15, 0.2) is 0 Å². The Balaban J connectivity index is 3.86. The third-order valence-electron chi connectivity index (χ3n) is 1.57. The second-order valence-electron chi connectivity index (χ2n) is 3.30. The number of amides is 1. The van der Waals surface area contributed by atoms with Crippen LogP contribution in [0, 0.1) is 5.92 Å². The topological polar surface area (TPSA) is 104 Å². The van der Waals surface area contributed by atoms with Crippen molar-refractivity contribution in [1.82, 2.24) is 5.01 Å². The molecule has 0 unspecified atom stereocenters. The molecule has 0 aliphatic carbocycles. The zero-order valence-corrected chi connectivity index (χ0v) is 9.08. The lowest BCUT2D eigenvalue weighted by atomic mass is 10.2. The molecule has 14 heavy (non-hydrogen) atoms. The minimum atomic E-state index is -4.21. The van der Waals surface area contributed by atoms with Crippen molar-refractivity contribution in [3.8, 4) is 0 Å². The molecule has 0 fully saturated rings. The number of hydrazine groups is 1. The van der Waals surface area contributed by atoms with Crippen LogP contribution < -0.4 is 5.84 Å². The smallest absolute Gasteiger partial charge is 0.239 e. The van der Waals surface area contributed by atoms with Crippen LogP contribution in [0.3, 0.4) is 0 Å². The first-order chi connectivity index (χ1) is 6.24. The fourth-order valence-electron chi connectivity index (χ4n) is 0.854. The second-order valence-corrected chi connectivity index (χ2v) is 4.83. The average Bonchev–Trinajstić information content (AvgIpc) is 2.00. The van der Waals surface area contributed by atoms with Crippen LogP contribution in [-0.4, -0.2) is 36.2 Å². The van der Waals surface area contributed by atoms with E-state index in [9.17, 15) is 17.8 Å². The highest BCUT2D eigenvalue weighted by Gasteiger charge is 2.13. The Labute approximate surface area is 83.8 Å². The van der Waals surface area contributed by atoms with Crippen molar-refractivity contribution in [3.05, 3.63) is 0 Å². The minimum Gasteiger partial charge on any atom is -0.748 e. The number of carbonyl (C=O) groups is 1. The Morgan fingerprint density at radius 3 is 2.36 bits per heavy atom. The van der Waals surface area contributed by atoms with Gasteiger partial charge in [-0.15, -0.1) is 0 Å². The van der Waals surface area contributed by atoms with Gasteiger partial charge in [0.1, 0.15) is 0 Å². The molecule has 0 bridgehead atoms. The van der Waals surface area contributed by atoms with E-state index in [1.54, 1.807) is 13.8 Å². The van der Waals surface area contributed by atoms with Crippen LogP contribution in [0.25, 0.3) is 0 Å². The van der Waals surface area contributed by atoms with E-state index in [-0.39, 0.29) is 24.8 Å². The molecule has 0 aromatic rings. The average molecular weight is 223 g/mol. The van der Waals surface area contributed by atoms with Gasteiger partial charge in [0.15, 0.2) is 0 Å². The molecular formula is C7H15N2O4S-. The fourth-order valence-corrected chi connectivity index (χ4v) is 1.34. The molecule has 0 aliphatic rings. The summed E-state index contributed by atoms with van der Waals surface area (Å²) in [5, 5.41) is 0.940. The van der Waals surface area contributed by atoms with Gasteiger partial charge in [-0.05, 0) is 6.42 Å². The van der Waals surface area contributed by atoms with Crippen LogP contribution >= 0.6 is 0 Å². The zero-order chi connectivity index (χ0) is 11.4. The van der Waals surface area contributed by atoms with Gasteiger partial charge in [0.2, 0.25) is 5.91 Å². The second kappa shape index (κ2) is 5.28. The summed E-state index contributed by atoms with van der Waals surface area (Å²) in [5.74, 6) is 4.34. The van der Waals surface area contributed by atoms with Gasteiger partial charge in [-0.1, -0.05) is 13.8 Å². The van der Waals surface area contributed by atoms with E-state index in [2.05, 4.69) is 0 Å². The number of nitrogens with zero attached hydrogens (tertiary/aromatic N) is 1. The molecule has 7 heteroatoms. The minimum absolute atomic E-state index is 0.0702. The zero-order valence-electron chi connectivity index (χ0n) is 8.26. The summed E-state index contributed by atoms with van der Waals surface area (Å²) in [5.41, 5.74) is 0. The molecule has 0 heterocycles. The molecule has 0 radical (unpaired) electrons. The van der Waals surface area contributed by atoms with Crippen molar-refractivity contribution in [2.45, 2.75) is 20.3 Å². The van der Waals surface area contributed by atoms with Crippen molar-refractivity contribution in [2.75, 3.05) is 12.3 Å². The van der Waals surface area contributed by atoms with Crippen molar-refractivity contribution in [2.24, 2.45) is 11.8 Å². The third kappa shape index (κ3) is 5.90. The normalized spacial score (nSPS) is 11.8. The van der Waals surface area contributed by atoms with Crippen molar-refractivity contribution in [1.29, 1.82) is 0 Å². The predicted molar refractivity (Wildman–Crippen MR) is 49.9 cm³/mol. The Kier molecular flexibility index (Phi) is 5.03. The molecule has 6 nitrogen and oxygen atoms in total. The lowest BCUT2D eigenvalue weighted by Gasteiger charge is -2.18. The first-order valence-electron chi connectivity index (χ1n) is 4.23. The Hall–Kier alpha value is -0.660. The van der Waals surface area contributed by atoms with Gasteiger partial charge in [0, 0.05) is 18.2 Å². The highest BCUT2D eigenvalue weighted by Crippen LogP contribution is 1.98. The Bertz CT molecular complexity index is 286. The number of nitrogens with two attached hydrogens (primary N) is 1. The monoisotopic (exact) mass is 223 g/mol. The van der Waals surface area contributed by atoms with Gasteiger partial charge in [-0.2, -0.15) is 0 Å². The molecule has 84 valence electrons. The van der Waals surface area contributed by atoms with Crippen LogP contribution in [0.1, 0.15) is 20.3 Å². The summed E-state index contributed by atoms with van der Waals surface area (Å²) in [4.78, 5) is 11.2. The van der Waals surface area contributed by atoms with Crippen LogP contribution in [0.4, 0.5) is 0 Å². The van der Waals surface area contributed by atoms with E-state index in [0.29, 0.717) is 0 Å². The van der Waals surface area contributed by atoms with Crippen molar-refractivity contribution < 1.29 is 17.8 Å². The maximum atomic E-state index is 11.2. The Morgan fingerprint density at radius 2 is 2.00 bits per heavy atom. The standard InChI is InChI=1S/C7H16N2O4S/c1-6(2)7(10)9(8)4-3-5-14(11,12)13/h6H,3-5,8H2,1-2H3,(H,11,12,13)/p-1. The van der Waals surface area contributed by atoms with E-state index in [0.717, 1.165) is 5.01 Å². The van der Waals surface area contributed by atoms with E-state index in [1.165, 1.54) is 0 Å². The third-order valence-corrected chi connectivity index (χ3v) is 2.36. The molecule has 0 atom stereocenters.